The molecule has 1 aromatic heterocycles. The zero-order valence-electron chi connectivity index (χ0n) is 24.8. The third-order valence-electron chi connectivity index (χ3n) is 9.49. The van der Waals surface area contributed by atoms with Crippen LogP contribution in [0.2, 0.25) is 0 Å². The number of fused-ring (bicyclic) bond motifs is 7. The van der Waals surface area contributed by atoms with E-state index in [0.29, 0.717) is 0 Å². The van der Waals surface area contributed by atoms with Gasteiger partial charge in [-0.1, -0.05) is 139 Å². The summed E-state index contributed by atoms with van der Waals surface area (Å²) in [6, 6.07) is 57.2. The van der Waals surface area contributed by atoms with E-state index < -0.39 is 0 Å². The Morgan fingerprint density at radius 1 is 0.348 bits per heavy atom. The topological polar surface area (TPSA) is 13.1 Å². The van der Waals surface area contributed by atoms with Crippen LogP contribution in [0.25, 0.3) is 88.0 Å². The van der Waals surface area contributed by atoms with Gasteiger partial charge in [-0.25, -0.2) is 0 Å². The molecule has 2 heterocycles. The van der Waals surface area contributed by atoms with Crippen molar-refractivity contribution in [3.05, 3.63) is 158 Å². The SMILES string of the molecule is c1cc2c3c(cccc3c1)-c1cc(-c3ccc(-c4ccc(-c5cccc6oc7ccc8ccccc8c7c56)cc4)cc3)ccc1S2. The van der Waals surface area contributed by atoms with Gasteiger partial charge >= 0.3 is 0 Å². The largest absolute Gasteiger partial charge is 0.456 e. The molecule has 0 N–H and O–H groups in total. The Labute approximate surface area is 270 Å². The lowest BCUT2D eigenvalue weighted by Gasteiger charge is -2.21. The average Bonchev–Trinajstić information content (AvgIpc) is 3.52. The number of rotatable bonds is 3. The maximum Gasteiger partial charge on any atom is 0.136 e. The van der Waals surface area contributed by atoms with Crippen molar-refractivity contribution in [1.82, 2.24) is 0 Å². The predicted molar refractivity (Wildman–Crippen MR) is 195 cm³/mol. The van der Waals surface area contributed by atoms with Gasteiger partial charge < -0.3 is 4.42 Å². The van der Waals surface area contributed by atoms with E-state index >= 15 is 0 Å². The van der Waals surface area contributed by atoms with Crippen LogP contribution in [0.4, 0.5) is 0 Å². The van der Waals surface area contributed by atoms with Crippen LogP contribution >= 0.6 is 11.8 Å². The van der Waals surface area contributed by atoms with Gasteiger partial charge in [0.15, 0.2) is 0 Å². The minimum absolute atomic E-state index is 0.921. The summed E-state index contributed by atoms with van der Waals surface area (Å²) < 4.78 is 6.32. The van der Waals surface area contributed by atoms with Gasteiger partial charge in [-0.2, -0.15) is 0 Å². The molecule has 0 bridgehead atoms. The van der Waals surface area contributed by atoms with Crippen LogP contribution in [0.15, 0.2) is 172 Å². The third kappa shape index (κ3) is 3.90. The first kappa shape index (κ1) is 25.7. The Hall–Kier alpha value is -5.57. The van der Waals surface area contributed by atoms with Crippen LogP contribution in [-0.2, 0) is 0 Å². The fourth-order valence-corrected chi connectivity index (χ4v) is 8.40. The van der Waals surface area contributed by atoms with Crippen molar-refractivity contribution in [2.75, 3.05) is 0 Å². The average molecular weight is 603 g/mol. The molecule has 1 aliphatic rings. The molecule has 0 atom stereocenters. The lowest BCUT2D eigenvalue weighted by Crippen LogP contribution is -1.93. The summed E-state index contributed by atoms with van der Waals surface area (Å²) >= 11 is 1.87. The van der Waals surface area contributed by atoms with E-state index in [9.17, 15) is 0 Å². The smallest absolute Gasteiger partial charge is 0.136 e. The van der Waals surface area contributed by atoms with Crippen LogP contribution in [0.3, 0.4) is 0 Å². The molecular formula is C44H26OS. The van der Waals surface area contributed by atoms with Gasteiger partial charge in [-0.05, 0) is 91.0 Å². The fourth-order valence-electron chi connectivity index (χ4n) is 7.27. The third-order valence-corrected chi connectivity index (χ3v) is 10.6. The van der Waals surface area contributed by atoms with E-state index in [4.69, 9.17) is 4.42 Å². The molecule has 2 heteroatoms. The molecule has 1 aliphatic heterocycles. The molecule has 0 aliphatic carbocycles. The summed E-state index contributed by atoms with van der Waals surface area (Å²) in [5.74, 6) is 0. The van der Waals surface area contributed by atoms with E-state index in [1.165, 1.54) is 86.6 Å². The standard InChI is InChI=1S/C44H26OS/c1-2-9-34-30(6-1)22-24-39-44(34)43-35(10-5-12-38(43)45-39)31-20-18-28(19-21-31)27-14-16-29(17-15-27)33-23-25-40-37(26-33)36-11-3-7-32-8-4-13-41(46-40)42(32)36/h1-26H. The molecule has 0 unspecified atom stereocenters. The van der Waals surface area contributed by atoms with Gasteiger partial charge in [-0.3, -0.25) is 0 Å². The molecule has 214 valence electrons. The lowest BCUT2D eigenvalue weighted by molar-refractivity contribution is 0.669. The molecule has 0 saturated heterocycles. The van der Waals surface area contributed by atoms with Crippen LogP contribution in [0.5, 0.6) is 0 Å². The van der Waals surface area contributed by atoms with Crippen molar-refractivity contribution in [2.24, 2.45) is 0 Å². The van der Waals surface area contributed by atoms with Crippen LogP contribution in [0.1, 0.15) is 0 Å². The summed E-state index contributed by atoms with van der Waals surface area (Å²) in [4.78, 5) is 2.66. The highest BCUT2D eigenvalue weighted by Crippen LogP contribution is 2.49. The van der Waals surface area contributed by atoms with Gasteiger partial charge in [0.1, 0.15) is 11.2 Å². The van der Waals surface area contributed by atoms with Gasteiger partial charge in [0.05, 0.1) is 0 Å². The number of hydrogen-bond donors (Lipinski definition) is 0. The first-order valence-electron chi connectivity index (χ1n) is 15.7. The quantitative estimate of drug-likeness (QED) is 0.200. The predicted octanol–water partition coefficient (Wildman–Crippen LogP) is 13.0. The van der Waals surface area contributed by atoms with Crippen LogP contribution in [0, 0.1) is 0 Å². The molecule has 1 nitrogen and oxygen atoms in total. The minimum Gasteiger partial charge on any atom is -0.456 e. The van der Waals surface area contributed by atoms with E-state index in [2.05, 4.69) is 158 Å². The lowest BCUT2D eigenvalue weighted by atomic mass is 9.93. The second-order valence-corrected chi connectivity index (χ2v) is 13.2. The normalized spacial score (nSPS) is 12.3. The van der Waals surface area contributed by atoms with E-state index in [1.54, 1.807) is 0 Å². The Morgan fingerprint density at radius 3 is 1.80 bits per heavy atom. The highest BCUT2D eigenvalue weighted by atomic mass is 32.2. The molecule has 46 heavy (non-hydrogen) atoms. The molecular weight excluding hydrogens is 577 g/mol. The van der Waals surface area contributed by atoms with Crippen LogP contribution < -0.4 is 0 Å². The summed E-state index contributed by atoms with van der Waals surface area (Å²) in [5, 5.41) is 7.48. The molecule has 8 aromatic carbocycles. The fraction of sp³-hybridized carbons (Fsp3) is 0. The van der Waals surface area contributed by atoms with Gasteiger partial charge in [0.2, 0.25) is 0 Å². The minimum atomic E-state index is 0.921. The first-order valence-corrected chi connectivity index (χ1v) is 16.5. The summed E-state index contributed by atoms with van der Waals surface area (Å²) in [6.45, 7) is 0. The maximum atomic E-state index is 6.32. The Balaban J connectivity index is 0.995. The highest BCUT2D eigenvalue weighted by molar-refractivity contribution is 7.99. The van der Waals surface area contributed by atoms with E-state index in [1.807, 2.05) is 11.8 Å². The molecule has 0 amide bonds. The zero-order chi connectivity index (χ0) is 30.2. The first-order chi connectivity index (χ1) is 22.8. The molecule has 0 fully saturated rings. The number of hydrogen-bond acceptors (Lipinski definition) is 2. The van der Waals surface area contributed by atoms with Crippen molar-refractivity contribution in [1.29, 1.82) is 0 Å². The van der Waals surface area contributed by atoms with Gasteiger partial charge in [-0.15, -0.1) is 0 Å². The number of benzene rings is 8. The number of furan rings is 1. The summed E-state index contributed by atoms with van der Waals surface area (Å²) in [5.41, 5.74) is 11.8. The summed E-state index contributed by atoms with van der Waals surface area (Å²) in [7, 11) is 0. The van der Waals surface area contributed by atoms with Crippen molar-refractivity contribution >= 4 is 55.2 Å². The van der Waals surface area contributed by atoms with Gasteiger partial charge in [0.25, 0.3) is 0 Å². The molecule has 9 aromatic rings. The van der Waals surface area contributed by atoms with Gasteiger partial charge in [0, 0.05) is 25.9 Å². The monoisotopic (exact) mass is 602 g/mol. The Kier molecular flexibility index (Phi) is 5.58. The summed E-state index contributed by atoms with van der Waals surface area (Å²) in [6.07, 6.45) is 0. The van der Waals surface area contributed by atoms with E-state index in [-0.39, 0.29) is 0 Å². The van der Waals surface area contributed by atoms with Crippen molar-refractivity contribution in [3.8, 4) is 44.5 Å². The maximum absolute atomic E-state index is 6.32. The Morgan fingerprint density at radius 2 is 0.978 bits per heavy atom. The highest BCUT2D eigenvalue weighted by Gasteiger charge is 2.20. The molecule has 10 rings (SSSR count). The molecule has 0 radical (unpaired) electrons. The molecule has 0 spiro atoms. The van der Waals surface area contributed by atoms with Crippen molar-refractivity contribution in [2.45, 2.75) is 9.79 Å². The zero-order valence-corrected chi connectivity index (χ0v) is 25.6. The second kappa shape index (κ2) is 9.97. The van der Waals surface area contributed by atoms with E-state index in [0.717, 1.165) is 11.2 Å². The van der Waals surface area contributed by atoms with Crippen molar-refractivity contribution < 1.29 is 4.42 Å². The van der Waals surface area contributed by atoms with Crippen molar-refractivity contribution in [3.63, 3.8) is 0 Å². The van der Waals surface area contributed by atoms with Crippen LogP contribution in [-0.4, -0.2) is 0 Å². The Bertz CT molecular complexity index is 2640. The molecule has 0 saturated carbocycles. The second-order valence-electron chi connectivity index (χ2n) is 12.1.